The Morgan fingerprint density at radius 2 is 2.18 bits per heavy atom. The molecule has 0 saturated carbocycles. The van der Waals surface area contributed by atoms with E-state index in [1.54, 1.807) is 11.3 Å². The highest BCUT2D eigenvalue weighted by Gasteiger charge is 2.16. The molecule has 4 nitrogen and oxygen atoms in total. The van der Waals surface area contributed by atoms with Gasteiger partial charge in [0.15, 0.2) is 0 Å². The van der Waals surface area contributed by atoms with Crippen molar-refractivity contribution in [2.45, 2.75) is 25.9 Å². The second-order valence-electron chi connectivity index (χ2n) is 4.50. The van der Waals surface area contributed by atoms with Crippen molar-refractivity contribution in [2.75, 3.05) is 20.6 Å². The van der Waals surface area contributed by atoms with Crippen molar-refractivity contribution in [3.05, 3.63) is 22.4 Å². The Morgan fingerprint density at radius 3 is 2.65 bits per heavy atom. The highest BCUT2D eigenvalue weighted by atomic mass is 32.1. The summed E-state index contributed by atoms with van der Waals surface area (Å²) < 4.78 is 0. The van der Waals surface area contributed by atoms with Gasteiger partial charge >= 0.3 is 6.03 Å². The minimum absolute atomic E-state index is 0.108. The third kappa shape index (κ3) is 4.75. The summed E-state index contributed by atoms with van der Waals surface area (Å²) in [5.41, 5.74) is 0. The lowest BCUT2D eigenvalue weighted by molar-refractivity contribution is 0.231. The molecule has 17 heavy (non-hydrogen) atoms. The second-order valence-corrected chi connectivity index (χ2v) is 5.48. The number of nitrogens with one attached hydrogen (secondary N) is 2. The number of hydrogen-bond donors (Lipinski definition) is 2. The third-order valence-electron chi connectivity index (χ3n) is 2.37. The van der Waals surface area contributed by atoms with Crippen LogP contribution in [-0.4, -0.2) is 37.6 Å². The fraction of sp³-hybridized carbons (Fsp3) is 0.583. The lowest BCUT2D eigenvalue weighted by Crippen LogP contribution is -2.42. The highest BCUT2D eigenvalue weighted by molar-refractivity contribution is 7.10. The third-order valence-corrected chi connectivity index (χ3v) is 3.34. The topological polar surface area (TPSA) is 44.4 Å². The molecule has 0 aliphatic heterocycles. The average Bonchev–Trinajstić information content (AvgIpc) is 2.69. The molecule has 1 unspecified atom stereocenters. The molecule has 0 bridgehead atoms. The van der Waals surface area contributed by atoms with Crippen LogP contribution in [0.3, 0.4) is 0 Å². The van der Waals surface area contributed by atoms with Gasteiger partial charge in [-0.1, -0.05) is 6.07 Å². The molecular formula is C12H21N3OS. The molecule has 0 saturated heterocycles. The van der Waals surface area contributed by atoms with Gasteiger partial charge in [-0.25, -0.2) is 4.79 Å². The molecule has 5 heteroatoms. The Balaban J connectivity index is 2.49. The molecule has 1 atom stereocenters. The van der Waals surface area contributed by atoms with Gasteiger partial charge in [-0.05, 0) is 39.4 Å². The molecule has 0 aliphatic rings. The quantitative estimate of drug-likeness (QED) is 0.846. The number of likely N-dealkylation sites (N-methyl/N-ethyl adjacent to an activating group) is 1. The number of carbonyl (C=O) groups excluding carboxylic acids is 1. The molecule has 1 aromatic heterocycles. The van der Waals surface area contributed by atoms with Gasteiger partial charge in [-0.2, -0.15) is 0 Å². The monoisotopic (exact) mass is 255 g/mol. The largest absolute Gasteiger partial charge is 0.336 e. The lowest BCUT2D eigenvalue weighted by Gasteiger charge is -2.23. The summed E-state index contributed by atoms with van der Waals surface area (Å²) in [5, 5.41) is 7.77. The standard InChI is InChI=1S/C12H21N3OS/c1-9(2)14-12(16)13-8-10(15(3)4)11-6-5-7-17-11/h5-7,9-10H,8H2,1-4H3,(H2,13,14,16). The fourth-order valence-corrected chi connectivity index (χ4v) is 2.44. The predicted molar refractivity (Wildman–Crippen MR) is 72.4 cm³/mol. The van der Waals surface area contributed by atoms with Crippen LogP contribution in [0, 0.1) is 0 Å². The zero-order valence-electron chi connectivity index (χ0n) is 10.9. The van der Waals surface area contributed by atoms with Crippen molar-refractivity contribution in [1.29, 1.82) is 0 Å². The molecule has 1 aromatic rings. The number of hydrogen-bond acceptors (Lipinski definition) is 3. The van der Waals surface area contributed by atoms with Crippen molar-refractivity contribution in [3.8, 4) is 0 Å². The number of rotatable bonds is 5. The summed E-state index contributed by atoms with van der Waals surface area (Å²) in [4.78, 5) is 14.9. The normalized spacial score (nSPS) is 12.8. The second kappa shape index (κ2) is 6.61. The summed E-state index contributed by atoms with van der Waals surface area (Å²) in [7, 11) is 4.04. The first kappa shape index (κ1) is 14.0. The molecule has 2 N–H and O–H groups in total. The molecule has 0 aliphatic carbocycles. The van der Waals surface area contributed by atoms with Gasteiger partial charge in [-0.15, -0.1) is 11.3 Å². The lowest BCUT2D eigenvalue weighted by atomic mass is 10.2. The van der Waals surface area contributed by atoms with Crippen LogP contribution in [0.5, 0.6) is 0 Å². The van der Waals surface area contributed by atoms with E-state index in [0.29, 0.717) is 6.54 Å². The van der Waals surface area contributed by atoms with Crippen LogP contribution in [0.4, 0.5) is 4.79 Å². The molecule has 0 spiro atoms. The molecule has 0 aromatic carbocycles. The first-order valence-corrected chi connectivity index (χ1v) is 6.63. The van der Waals surface area contributed by atoms with Crippen LogP contribution in [0.25, 0.3) is 0 Å². The molecule has 1 heterocycles. The maximum absolute atomic E-state index is 11.5. The van der Waals surface area contributed by atoms with Gasteiger partial charge in [0.05, 0.1) is 6.04 Å². The average molecular weight is 255 g/mol. The van der Waals surface area contributed by atoms with E-state index in [2.05, 4.69) is 27.0 Å². The van der Waals surface area contributed by atoms with E-state index in [-0.39, 0.29) is 18.1 Å². The first-order chi connectivity index (χ1) is 8.00. The minimum atomic E-state index is -0.108. The Kier molecular flexibility index (Phi) is 5.44. The summed E-state index contributed by atoms with van der Waals surface area (Å²) in [6, 6.07) is 4.41. The van der Waals surface area contributed by atoms with E-state index in [1.807, 2.05) is 34.0 Å². The summed E-state index contributed by atoms with van der Waals surface area (Å²) in [6.07, 6.45) is 0. The van der Waals surface area contributed by atoms with Crippen molar-refractivity contribution in [2.24, 2.45) is 0 Å². The van der Waals surface area contributed by atoms with Crippen LogP contribution >= 0.6 is 11.3 Å². The maximum atomic E-state index is 11.5. The van der Waals surface area contributed by atoms with Crippen molar-refractivity contribution in [1.82, 2.24) is 15.5 Å². The summed E-state index contributed by atoms with van der Waals surface area (Å²) >= 11 is 1.71. The van der Waals surface area contributed by atoms with Crippen molar-refractivity contribution >= 4 is 17.4 Å². The van der Waals surface area contributed by atoms with Gasteiger partial charge in [0.1, 0.15) is 0 Å². The van der Waals surface area contributed by atoms with E-state index in [4.69, 9.17) is 0 Å². The Hall–Kier alpha value is -1.07. The van der Waals surface area contributed by atoms with Crippen molar-refractivity contribution in [3.63, 3.8) is 0 Å². The SMILES string of the molecule is CC(C)NC(=O)NCC(c1cccs1)N(C)C. The van der Waals surface area contributed by atoms with Gasteiger partial charge in [0.25, 0.3) is 0 Å². The Labute approximate surface area is 107 Å². The molecule has 0 radical (unpaired) electrons. The van der Waals surface area contributed by atoms with Crippen LogP contribution in [0.1, 0.15) is 24.8 Å². The number of nitrogens with zero attached hydrogens (tertiary/aromatic N) is 1. The fourth-order valence-electron chi connectivity index (χ4n) is 1.52. The number of urea groups is 1. The Morgan fingerprint density at radius 1 is 1.47 bits per heavy atom. The van der Waals surface area contributed by atoms with Crippen LogP contribution in [0.2, 0.25) is 0 Å². The summed E-state index contributed by atoms with van der Waals surface area (Å²) in [5.74, 6) is 0. The molecular weight excluding hydrogens is 234 g/mol. The summed E-state index contributed by atoms with van der Waals surface area (Å²) in [6.45, 7) is 4.51. The van der Waals surface area contributed by atoms with Gasteiger partial charge in [0, 0.05) is 17.5 Å². The maximum Gasteiger partial charge on any atom is 0.315 e. The number of carbonyl (C=O) groups is 1. The highest BCUT2D eigenvalue weighted by Crippen LogP contribution is 2.22. The smallest absolute Gasteiger partial charge is 0.315 e. The van der Waals surface area contributed by atoms with E-state index in [0.717, 1.165) is 0 Å². The van der Waals surface area contributed by atoms with Gasteiger partial charge in [0.2, 0.25) is 0 Å². The molecule has 2 amide bonds. The zero-order valence-corrected chi connectivity index (χ0v) is 11.7. The van der Waals surface area contributed by atoms with Crippen LogP contribution in [-0.2, 0) is 0 Å². The van der Waals surface area contributed by atoms with Gasteiger partial charge < -0.3 is 15.5 Å². The van der Waals surface area contributed by atoms with Crippen molar-refractivity contribution < 1.29 is 4.79 Å². The molecule has 1 rings (SSSR count). The molecule has 0 fully saturated rings. The minimum Gasteiger partial charge on any atom is -0.336 e. The van der Waals surface area contributed by atoms with Crippen LogP contribution < -0.4 is 10.6 Å². The Bertz CT molecular complexity index is 336. The van der Waals surface area contributed by atoms with Crippen LogP contribution in [0.15, 0.2) is 17.5 Å². The van der Waals surface area contributed by atoms with E-state index >= 15 is 0 Å². The van der Waals surface area contributed by atoms with Gasteiger partial charge in [-0.3, -0.25) is 0 Å². The van der Waals surface area contributed by atoms with E-state index in [9.17, 15) is 4.79 Å². The van der Waals surface area contributed by atoms with E-state index in [1.165, 1.54) is 4.88 Å². The first-order valence-electron chi connectivity index (χ1n) is 5.75. The predicted octanol–water partition coefficient (Wildman–Crippen LogP) is 2.06. The molecule has 96 valence electrons. The zero-order chi connectivity index (χ0) is 12.8. The number of thiophene rings is 1. The van der Waals surface area contributed by atoms with E-state index < -0.39 is 0 Å². The number of amides is 2.